The molecule has 3 aromatic rings. The molecule has 2 N–H and O–H groups in total. The molecule has 0 radical (unpaired) electrons. The van der Waals surface area contributed by atoms with Gasteiger partial charge >= 0.3 is 0 Å². The molecule has 0 unspecified atom stereocenters. The van der Waals surface area contributed by atoms with E-state index in [-0.39, 0.29) is 12.4 Å². The van der Waals surface area contributed by atoms with Crippen molar-refractivity contribution in [2.45, 2.75) is 6.92 Å². The number of hydrogen-bond donors (Lipinski definition) is 2. The van der Waals surface area contributed by atoms with Crippen LogP contribution in [0.25, 0.3) is 10.1 Å². The lowest BCUT2D eigenvalue weighted by Gasteiger charge is -2.11. The second-order valence-corrected chi connectivity index (χ2v) is 6.96. The number of carbonyl (C=O) groups excluding carboxylic acids is 2. The van der Waals surface area contributed by atoms with Crippen LogP contribution in [-0.4, -0.2) is 38.3 Å². The number of nitrogens with zero attached hydrogens (tertiary/aromatic N) is 1. The monoisotopic (exact) mass is 429 g/mol. The van der Waals surface area contributed by atoms with Crippen molar-refractivity contribution in [3.63, 3.8) is 0 Å². The topological polar surface area (TPSA) is 89.0 Å². The number of carbonyl (C=O) groups is 2. The first-order valence-electron chi connectivity index (χ1n) is 9.10. The van der Waals surface area contributed by atoms with Crippen LogP contribution in [-0.2, 0) is 4.79 Å². The average Bonchev–Trinajstić information content (AvgIpc) is 3.17. The molecule has 30 heavy (non-hydrogen) atoms. The number of ether oxygens (including phenoxy) is 2. The van der Waals surface area contributed by atoms with Gasteiger partial charge in [-0.2, -0.15) is 5.10 Å². The van der Waals surface area contributed by atoms with Crippen molar-refractivity contribution in [3.8, 4) is 11.5 Å². The van der Waals surface area contributed by atoms with Crippen molar-refractivity contribution in [2.75, 3.05) is 20.3 Å². The summed E-state index contributed by atoms with van der Waals surface area (Å²) in [6, 6.07) is 9.55. The van der Waals surface area contributed by atoms with Gasteiger partial charge in [0.15, 0.2) is 11.5 Å². The molecule has 1 aromatic heterocycles. The second-order valence-electron chi connectivity index (χ2n) is 6.08. The fourth-order valence-corrected chi connectivity index (χ4v) is 3.63. The van der Waals surface area contributed by atoms with E-state index in [1.165, 1.54) is 36.8 Å². The van der Waals surface area contributed by atoms with Crippen molar-refractivity contribution in [1.29, 1.82) is 0 Å². The third kappa shape index (κ3) is 4.93. The van der Waals surface area contributed by atoms with Crippen LogP contribution in [0.5, 0.6) is 11.5 Å². The highest BCUT2D eigenvalue weighted by Gasteiger charge is 2.12. The zero-order chi connectivity index (χ0) is 21.5. The van der Waals surface area contributed by atoms with Gasteiger partial charge in [0, 0.05) is 21.9 Å². The Labute approximate surface area is 176 Å². The molecule has 0 fully saturated rings. The highest BCUT2D eigenvalue weighted by atomic mass is 32.1. The van der Waals surface area contributed by atoms with Gasteiger partial charge in [0.05, 0.1) is 31.2 Å². The maximum Gasteiger partial charge on any atom is 0.259 e. The Morgan fingerprint density at radius 3 is 2.83 bits per heavy atom. The number of halogens is 1. The molecule has 0 aliphatic heterocycles. The molecule has 1 heterocycles. The second kappa shape index (κ2) is 9.84. The van der Waals surface area contributed by atoms with Gasteiger partial charge < -0.3 is 14.8 Å². The standard InChI is InChI=1S/C21H20FN3O4S/c1-3-29-17-8-7-13(9-18(17)28-2)21(27)23-11-19(26)25-24-10-14-12-30-20-15(14)5-4-6-16(20)22/h4-10,12H,3,11H2,1-2H3,(H,23,27)(H,25,26). The van der Waals surface area contributed by atoms with E-state index in [0.717, 1.165) is 5.39 Å². The number of hydrazone groups is 1. The summed E-state index contributed by atoms with van der Waals surface area (Å²) in [5.41, 5.74) is 3.36. The summed E-state index contributed by atoms with van der Waals surface area (Å²) < 4.78 is 24.9. The van der Waals surface area contributed by atoms with E-state index in [1.54, 1.807) is 29.6 Å². The Morgan fingerprint density at radius 1 is 1.23 bits per heavy atom. The Kier molecular flexibility index (Phi) is 6.97. The normalized spacial score (nSPS) is 10.9. The zero-order valence-electron chi connectivity index (χ0n) is 16.4. The molecule has 3 rings (SSSR count). The Morgan fingerprint density at radius 2 is 2.07 bits per heavy atom. The Bertz CT molecular complexity index is 1100. The average molecular weight is 429 g/mol. The smallest absolute Gasteiger partial charge is 0.259 e. The molecule has 156 valence electrons. The van der Waals surface area contributed by atoms with Crippen molar-refractivity contribution in [1.82, 2.24) is 10.7 Å². The SMILES string of the molecule is CCOc1ccc(C(=O)NCC(=O)NN=Cc2csc3c(F)cccc23)cc1OC. The van der Waals surface area contributed by atoms with Gasteiger partial charge in [0.2, 0.25) is 0 Å². The van der Waals surface area contributed by atoms with Crippen LogP contribution in [0.2, 0.25) is 0 Å². The van der Waals surface area contributed by atoms with Crippen LogP contribution in [0.15, 0.2) is 46.9 Å². The first-order chi connectivity index (χ1) is 14.5. The summed E-state index contributed by atoms with van der Waals surface area (Å²) in [6.45, 7) is 2.06. The van der Waals surface area contributed by atoms with E-state index in [4.69, 9.17) is 9.47 Å². The first kappa shape index (κ1) is 21.3. The van der Waals surface area contributed by atoms with Crippen molar-refractivity contribution >= 4 is 39.5 Å². The summed E-state index contributed by atoms with van der Waals surface area (Å²) in [5, 5.41) is 8.86. The van der Waals surface area contributed by atoms with Crippen LogP contribution in [0.4, 0.5) is 4.39 Å². The molecule has 0 spiro atoms. The minimum absolute atomic E-state index is 0.259. The molecule has 0 bridgehead atoms. The molecule has 0 atom stereocenters. The number of rotatable bonds is 8. The first-order valence-corrected chi connectivity index (χ1v) is 9.98. The number of nitrogens with one attached hydrogen (secondary N) is 2. The summed E-state index contributed by atoms with van der Waals surface area (Å²) in [5.74, 6) is -0.268. The number of benzene rings is 2. The molecule has 0 aliphatic rings. The molecular weight excluding hydrogens is 409 g/mol. The molecular formula is C21H20FN3O4S. The summed E-state index contributed by atoms with van der Waals surface area (Å²) in [4.78, 5) is 24.2. The molecule has 2 aromatic carbocycles. The lowest BCUT2D eigenvalue weighted by atomic mass is 10.2. The van der Waals surface area contributed by atoms with Crippen molar-refractivity contribution in [2.24, 2.45) is 5.10 Å². The summed E-state index contributed by atoms with van der Waals surface area (Å²) >= 11 is 1.26. The minimum atomic E-state index is -0.497. The highest BCUT2D eigenvalue weighted by molar-refractivity contribution is 7.17. The van der Waals surface area contributed by atoms with Crippen LogP contribution in [0.1, 0.15) is 22.8 Å². The van der Waals surface area contributed by atoms with Crippen molar-refractivity contribution < 1.29 is 23.5 Å². The molecule has 9 heteroatoms. The number of fused-ring (bicyclic) bond motifs is 1. The number of thiophene rings is 1. The van der Waals surface area contributed by atoms with Gasteiger partial charge in [0.1, 0.15) is 5.82 Å². The minimum Gasteiger partial charge on any atom is -0.493 e. The van der Waals surface area contributed by atoms with Crippen LogP contribution < -0.4 is 20.2 Å². The van der Waals surface area contributed by atoms with Crippen LogP contribution in [0, 0.1) is 5.82 Å². The predicted octanol–water partition coefficient (Wildman–Crippen LogP) is 3.33. The van der Waals surface area contributed by atoms with Gasteiger partial charge in [-0.25, -0.2) is 9.82 Å². The van der Waals surface area contributed by atoms with Gasteiger partial charge in [0.25, 0.3) is 11.8 Å². The highest BCUT2D eigenvalue weighted by Crippen LogP contribution is 2.28. The number of amides is 2. The fraction of sp³-hybridized carbons (Fsp3) is 0.190. The van der Waals surface area contributed by atoms with E-state index in [1.807, 2.05) is 6.92 Å². The third-order valence-electron chi connectivity index (χ3n) is 4.11. The summed E-state index contributed by atoms with van der Waals surface area (Å²) in [7, 11) is 1.48. The fourth-order valence-electron chi connectivity index (χ4n) is 2.70. The lowest BCUT2D eigenvalue weighted by Crippen LogP contribution is -2.34. The van der Waals surface area contributed by atoms with E-state index >= 15 is 0 Å². The van der Waals surface area contributed by atoms with Gasteiger partial charge in [-0.1, -0.05) is 12.1 Å². The number of hydrogen-bond acceptors (Lipinski definition) is 6. The predicted molar refractivity (Wildman–Crippen MR) is 114 cm³/mol. The Hall–Kier alpha value is -3.46. The van der Waals surface area contributed by atoms with Gasteiger partial charge in [-0.05, 0) is 31.2 Å². The van der Waals surface area contributed by atoms with E-state index in [9.17, 15) is 14.0 Å². The van der Waals surface area contributed by atoms with Crippen molar-refractivity contribution in [3.05, 3.63) is 58.7 Å². The summed E-state index contributed by atoms with van der Waals surface area (Å²) in [6.07, 6.45) is 1.44. The largest absolute Gasteiger partial charge is 0.493 e. The quantitative estimate of drug-likeness (QED) is 0.425. The van der Waals surface area contributed by atoms with Crippen LogP contribution in [0.3, 0.4) is 0 Å². The van der Waals surface area contributed by atoms with E-state index < -0.39 is 11.8 Å². The lowest BCUT2D eigenvalue weighted by molar-refractivity contribution is -0.120. The Balaban J connectivity index is 1.54. The maximum absolute atomic E-state index is 13.7. The zero-order valence-corrected chi connectivity index (χ0v) is 17.2. The van der Waals surface area contributed by atoms with Gasteiger partial charge in [-0.3, -0.25) is 9.59 Å². The molecule has 2 amide bonds. The molecule has 0 saturated heterocycles. The molecule has 0 aliphatic carbocycles. The van der Waals surface area contributed by atoms with E-state index in [0.29, 0.717) is 33.9 Å². The van der Waals surface area contributed by atoms with Gasteiger partial charge in [-0.15, -0.1) is 11.3 Å². The maximum atomic E-state index is 13.7. The van der Waals surface area contributed by atoms with E-state index in [2.05, 4.69) is 15.8 Å². The third-order valence-corrected chi connectivity index (χ3v) is 5.13. The molecule has 7 nitrogen and oxygen atoms in total. The molecule has 0 saturated carbocycles. The van der Waals surface area contributed by atoms with Crippen LogP contribution >= 0.6 is 11.3 Å². The number of methoxy groups -OCH3 is 1.